The second kappa shape index (κ2) is 4.74. The van der Waals surface area contributed by atoms with E-state index in [1.54, 1.807) is 48.5 Å². The van der Waals surface area contributed by atoms with E-state index in [0.29, 0.717) is 17.8 Å². The highest BCUT2D eigenvalue weighted by Gasteiger charge is 2.12. The Balaban J connectivity index is 2.07. The maximum atomic E-state index is 12.0. The smallest absolute Gasteiger partial charge is 0.254 e. The topological polar surface area (TPSA) is 59.5 Å². The van der Waals surface area contributed by atoms with Crippen molar-refractivity contribution in [3.63, 3.8) is 0 Å². The molecule has 1 aromatic carbocycles. The van der Waals surface area contributed by atoms with Gasteiger partial charge in [-0.25, -0.2) is 0 Å². The summed E-state index contributed by atoms with van der Waals surface area (Å²) in [5, 5.41) is 0. The van der Waals surface area contributed by atoms with Gasteiger partial charge in [0.15, 0.2) is 0 Å². The van der Waals surface area contributed by atoms with E-state index in [1.165, 1.54) is 0 Å². The molecule has 1 amide bonds. The molecule has 1 aromatic heterocycles. The van der Waals surface area contributed by atoms with Crippen LogP contribution in [0.25, 0.3) is 0 Å². The summed E-state index contributed by atoms with van der Waals surface area (Å²) in [5.74, 6) is 0.706. The summed E-state index contributed by atoms with van der Waals surface area (Å²) in [6.07, 6.45) is 1.59. The minimum absolute atomic E-state index is 0.0543. The standard InChI is InChI=1S/C13H14N2O2/c1-15(9-12-3-2-8-17-12)13(16)10-4-6-11(14)7-5-10/h2-8H,9,14H2,1H3. The molecule has 0 spiro atoms. The fourth-order valence-corrected chi connectivity index (χ4v) is 1.55. The van der Waals surface area contributed by atoms with Crippen LogP contribution in [-0.4, -0.2) is 17.9 Å². The van der Waals surface area contributed by atoms with Crippen molar-refractivity contribution < 1.29 is 9.21 Å². The molecule has 0 saturated heterocycles. The summed E-state index contributed by atoms with van der Waals surface area (Å²) < 4.78 is 5.20. The van der Waals surface area contributed by atoms with Crippen LogP contribution in [0.2, 0.25) is 0 Å². The zero-order valence-electron chi connectivity index (χ0n) is 9.59. The first-order valence-corrected chi connectivity index (χ1v) is 5.30. The van der Waals surface area contributed by atoms with Crippen molar-refractivity contribution >= 4 is 11.6 Å². The highest BCUT2D eigenvalue weighted by Crippen LogP contribution is 2.10. The number of carbonyl (C=O) groups excluding carboxylic acids is 1. The maximum absolute atomic E-state index is 12.0. The van der Waals surface area contributed by atoms with Crippen LogP contribution in [0.4, 0.5) is 5.69 Å². The minimum Gasteiger partial charge on any atom is -0.467 e. The van der Waals surface area contributed by atoms with Gasteiger partial charge in [0, 0.05) is 18.3 Å². The molecular formula is C13H14N2O2. The van der Waals surface area contributed by atoms with Crippen molar-refractivity contribution in [2.45, 2.75) is 6.54 Å². The third-order valence-electron chi connectivity index (χ3n) is 2.48. The average Bonchev–Trinajstić information content (AvgIpc) is 2.82. The van der Waals surface area contributed by atoms with Gasteiger partial charge in [0.2, 0.25) is 0 Å². The van der Waals surface area contributed by atoms with Crippen LogP contribution in [0.1, 0.15) is 16.1 Å². The SMILES string of the molecule is CN(Cc1ccco1)C(=O)c1ccc(N)cc1. The second-order valence-electron chi connectivity index (χ2n) is 3.86. The molecule has 0 aliphatic heterocycles. The van der Waals surface area contributed by atoms with Crippen molar-refractivity contribution in [2.75, 3.05) is 12.8 Å². The van der Waals surface area contributed by atoms with Crippen LogP contribution in [0.15, 0.2) is 47.1 Å². The van der Waals surface area contributed by atoms with E-state index in [9.17, 15) is 4.79 Å². The quantitative estimate of drug-likeness (QED) is 0.822. The van der Waals surface area contributed by atoms with Crippen LogP contribution in [0, 0.1) is 0 Å². The van der Waals surface area contributed by atoms with Crippen LogP contribution >= 0.6 is 0 Å². The van der Waals surface area contributed by atoms with Gasteiger partial charge in [-0.05, 0) is 36.4 Å². The molecule has 0 aliphatic rings. The Bertz CT molecular complexity index is 489. The van der Waals surface area contributed by atoms with Gasteiger partial charge >= 0.3 is 0 Å². The van der Waals surface area contributed by atoms with E-state index in [1.807, 2.05) is 6.07 Å². The third kappa shape index (κ3) is 2.66. The summed E-state index contributed by atoms with van der Waals surface area (Å²) in [4.78, 5) is 13.6. The van der Waals surface area contributed by atoms with Crippen molar-refractivity contribution in [2.24, 2.45) is 0 Å². The number of rotatable bonds is 3. The first-order valence-electron chi connectivity index (χ1n) is 5.30. The van der Waals surface area contributed by atoms with E-state index < -0.39 is 0 Å². The number of carbonyl (C=O) groups is 1. The largest absolute Gasteiger partial charge is 0.467 e. The molecule has 0 bridgehead atoms. The van der Waals surface area contributed by atoms with Crippen LogP contribution < -0.4 is 5.73 Å². The van der Waals surface area contributed by atoms with Gasteiger partial charge in [-0.15, -0.1) is 0 Å². The van der Waals surface area contributed by atoms with Crippen molar-refractivity contribution in [1.82, 2.24) is 4.90 Å². The second-order valence-corrected chi connectivity index (χ2v) is 3.86. The van der Waals surface area contributed by atoms with Crippen LogP contribution in [0.3, 0.4) is 0 Å². The molecular weight excluding hydrogens is 216 g/mol. The normalized spacial score (nSPS) is 10.2. The van der Waals surface area contributed by atoms with Gasteiger partial charge in [-0.1, -0.05) is 0 Å². The summed E-state index contributed by atoms with van der Waals surface area (Å²) in [6, 6.07) is 10.5. The number of furan rings is 1. The number of nitrogen functional groups attached to an aromatic ring is 1. The van der Waals surface area contributed by atoms with Gasteiger partial charge in [0.25, 0.3) is 5.91 Å². The molecule has 2 rings (SSSR count). The molecule has 0 atom stereocenters. The molecule has 0 unspecified atom stereocenters. The monoisotopic (exact) mass is 230 g/mol. The Morgan fingerprint density at radius 3 is 2.59 bits per heavy atom. The number of nitrogens with zero attached hydrogens (tertiary/aromatic N) is 1. The lowest BCUT2D eigenvalue weighted by Crippen LogP contribution is -2.25. The fraction of sp³-hybridized carbons (Fsp3) is 0.154. The number of benzene rings is 1. The Hall–Kier alpha value is -2.23. The zero-order chi connectivity index (χ0) is 12.3. The molecule has 1 heterocycles. The molecule has 4 nitrogen and oxygen atoms in total. The van der Waals surface area contributed by atoms with Crippen molar-refractivity contribution in [3.8, 4) is 0 Å². The number of hydrogen-bond donors (Lipinski definition) is 1. The van der Waals surface area contributed by atoms with E-state index >= 15 is 0 Å². The van der Waals surface area contributed by atoms with Gasteiger partial charge < -0.3 is 15.1 Å². The van der Waals surface area contributed by atoms with E-state index in [2.05, 4.69) is 0 Å². The lowest BCUT2D eigenvalue weighted by Gasteiger charge is -2.15. The van der Waals surface area contributed by atoms with Gasteiger partial charge in [-0.2, -0.15) is 0 Å². The molecule has 17 heavy (non-hydrogen) atoms. The number of nitrogens with two attached hydrogens (primary N) is 1. The van der Waals surface area contributed by atoms with E-state index in [-0.39, 0.29) is 5.91 Å². The molecule has 4 heteroatoms. The summed E-state index contributed by atoms with van der Waals surface area (Å²) >= 11 is 0. The van der Waals surface area contributed by atoms with E-state index in [4.69, 9.17) is 10.2 Å². The third-order valence-corrected chi connectivity index (χ3v) is 2.48. The maximum Gasteiger partial charge on any atom is 0.254 e. The first-order chi connectivity index (χ1) is 8.16. The van der Waals surface area contributed by atoms with Crippen molar-refractivity contribution in [3.05, 3.63) is 54.0 Å². The average molecular weight is 230 g/mol. The highest BCUT2D eigenvalue weighted by molar-refractivity contribution is 5.94. The predicted octanol–water partition coefficient (Wildman–Crippen LogP) is 2.13. The minimum atomic E-state index is -0.0543. The molecule has 0 aliphatic carbocycles. The predicted molar refractivity (Wildman–Crippen MR) is 65.4 cm³/mol. The van der Waals surface area contributed by atoms with E-state index in [0.717, 1.165) is 5.76 Å². The van der Waals surface area contributed by atoms with Gasteiger partial charge in [0.05, 0.1) is 12.8 Å². The fourth-order valence-electron chi connectivity index (χ4n) is 1.55. The molecule has 88 valence electrons. The molecule has 2 N–H and O–H groups in total. The summed E-state index contributed by atoms with van der Waals surface area (Å²) in [6.45, 7) is 0.455. The molecule has 2 aromatic rings. The Labute approximate surface area is 99.6 Å². The highest BCUT2D eigenvalue weighted by atomic mass is 16.3. The van der Waals surface area contributed by atoms with Crippen LogP contribution in [-0.2, 0) is 6.54 Å². The van der Waals surface area contributed by atoms with Gasteiger partial charge in [0.1, 0.15) is 5.76 Å². The summed E-state index contributed by atoms with van der Waals surface area (Å²) in [7, 11) is 1.74. The lowest BCUT2D eigenvalue weighted by molar-refractivity contribution is 0.0775. The summed E-state index contributed by atoms with van der Waals surface area (Å²) in [5.41, 5.74) is 6.84. The molecule has 0 saturated carbocycles. The Morgan fingerprint density at radius 2 is 2.00 bits per heavy atom. The molecule has 0 radical (unpaired) electrons. The lowest BCUT2D eigenvalue weighted by atomic mass is 10.2. The Kier molecular flexibility index (Phi) is 3.14. The van der Waals surface area contributed by atoms with Crippen LogP contribution in [0.5, 0.6) is 0 Å². The number of amides is 1. The number of anilines is 1. The number of hydrogen-bond acceptors (Lipinski definition) is 3. The Morgan fingerprint density at radius 1 is 1.29 bits per heavy atom. The first kappa shape index (κ1) is 11.3. The zero-order valence-corrected chi connectivity index (χ0v) is 9.59. The van der Waals surface area contributed by atoms with Gasteiger partial charge in [-0.3, -0.25) is 4.79 Å². The van der Waals surface area contributed by atoms with Crippen molar-refractivity contribution in [1.29, 1.82) is 0 Å². The molecule has 0 fully saturated rings.